The molecule has 0 aromatic heterocycles. The van der Waals surface area contributed by atoms with Crippen LogP contribution in [0.2, 0.25) is 0 Å². The van der Waals surface area contributed by atoms with E-state index >= 15 is 0 Å². The molecule has 0 unspecified atom stereocenters. The third-order valence-electron chi connectivity index (χ3n) is 5.40. The average molecular weight is 339 g/mol. The number of benzene rings is 2. The first kappa shape index (κ1) is 18.0. The van der Waals surface area contributed by atoms with Gasteiger partial charge in [0.15, 0.2) is 0 Å². The van der Waals surface area contributed by atoms with Crippen LogP contribution in [0.3, 0.4) is 0 Å². The first-order valence-corrected chi connectivity index (χ1v) is 9.21. The molecule has 134 valence electrons. The zero-order valence-corrected chi connectivity index (χ0v) is 15.4. The highest BCUT2D eigenvalue weighted by Gasteiger charge is 2.33. The van der Waals surface area contributed by atoms with Crippen LogP contribution in [-0.2, 0) is 16.7 Å². The van der Waals surface area contributed by atoms with Gasteiger partial charge in [-0.3, -0.25) is 0 Å². The Morgan fingerprint density at radius 1 is 1.04 bits per heavy atom. The molecule has 1 N–H and O–H groups in total. The Balaban J connectivity index is 1.62. The predicted octanol–water partition coefficient (Wildman–Crippen LogP) is 4.23. The van der Waals surface area contributed by atoms with Crippen LogP contribution >= 0.6 is 0 Å². The normalized spacial score (nSPS) is 16.6. The van der Waals surface area contributed by atoms with Crippen molar-refractivity contribution in [2.45, 2.75) is 38.1 Å². The summed E-state index contributed by atoms with van der Waals surface area (Å²) < 4.78 is 11.1. The fourth-order valence-electron chi connectivity index (χ4n) is 3.75. The number of hydrogen-bond acceptors (Lipinski definition) is 3. The summed E-state index contributed by atoms with van der Waals surface area (Å²) in [6, 6.07) is 17.3. The van der Waals surface area contributed by atoms with E-state index in [1.165, 1.54) is 16.7 Å². The summed E-state index contributed by atoms with van der Waals surface area (Å²) in [5, 5.41) is 3.61. The lowest BCUT2D eigenvalue weighted by Gasteiger charge is -2.38. The molecule has 25 heavy (non-hydrogen) atoms. The first-order valence-electron chi connectivity index (χ1n) is 9.21. The van der Waals surface area contributed by atoms with Crippen LogP contribution < -0.4 is 10.1 Å². The highest BCUT2D eigenvalue weighted by atomic mass is 16.5. The summed E-state index contributed by atoms with van der Waals surface area (Å²) in [7, 11) is 1.73. The molecule has 0 radical (unpaired) electrons. The Hall–Kier alpha value is -1.84. The van der Waals surface area contributed by atoms with E-state index in [1.807, 2.05) is 12.1 Å². The number of aryl methyl sites for hydroxylation is 1. The van der Waals surface area contributed by atoms with E-state index in [-0.39, 0.29) is 5.41 Å². The van der Waals surface area contributed by atoms with Crippen LogP contribution in [0, 0.1) is 6.92 Å². The van der Waals surface area contributed by atoms with Crippen molar-refractivity contribution < 1.29 is 9.47 Å². The molecule has 0 saturated carbocycles. The molecule has 0 amide bonds. The summed E-state index contributed by atoms with van der Waals surface area (Å²) >= 11 is 0. The minimum Gasteiger partial charge on any atom is -0.496 e. The van der Waals surface area contributed by atoms with Crippen LogP contribution in [-0.4, -0.2) is 26.9 Å². The highest BCUT2D eigenvalue weighted by molar-refractivity contribution is 5.33. The van der Waals surface area contributed by atoms with E-state index in [0.717, 1.165) is 51.3 Å². The van der Waals surface area contributed by atoms with Crippen molar-refractivity contribution in [1.82, 2.24) is 5.32 Å². The number of hydrogen-bond donors (Lipinski definition) is 1. The number of para-hydroxylation sites is 1. The average Bonchev–Trinajstić information content (AvgIpc) is 2.67. The summed E-state index contributed by atoms with van der Waals surface area (Å²) in [4.78, 5) is 0. The van der Waals surface area contributed by atoms with Gasteiger partial charge in [-0.25, -0.2) is 0 Å². The fourth-order valence-corrected chi connectivity index (χ4v) is 3.75. The molecule has 3 heteroatoms. The molecule has 2 aromatic carbocycles. The molecule has 3 nitrogen and oxygen atoms in total. The summed E-state index contributed by atoms with van der Waals surface area (Å²) in [5.74, 6) is 0.953. The van der Waals surface area contributed by atoms with E-state index in [0.29, 0.717) is 0 Å². The lowest BCUT2D eigenvalue weighted by molar-refractivity contribution is 0.0468. The molecular formula is C22H29NO2. The zero-order chi connectivity index (χ0) is 17.5. The van der Waals surface area contributed by atoms with Crippen molar-refractivity contribution in [3.63, 3.8) is 0 Å². The summed E-state index contributed by atoms with van der Waals surface area (Å²) in [6.07, 6.45) is 3.34. The van der Waals surface area contributed by atoms with Crippen molar-refractivity contribution in [2.24, 2.45) is 0 Å². The van der Waals surface area contributed by atoms with Gasteiger partial charge in [0.25, 0.3) is 0 Å². The van der Waals surface area contributed by atoms with Gasteiger partial charge in [0, 0.05) is 30.7 Å². The first-order chi connectivity index (χ1) is 12.2. The minimum absolute atomic E-state index is 0.236. The van der Waals surface area contributed by atoms with Gasteiger partial charge in [0.05, 0.1) is 7.11 Å². The quantitative estimate of drug-likeness (QED) is 0.766. The molecule has 0 aliphatic carbocycles. The van der Waals surface area contributed by atoms with Gasteiger partial charge in [-0.1, -0.05) is 48.0 Å². The van der Waals surface area contributed by atoms with Crippen molar-refractivity contribution in [2.75, 3.05) is 26.9 Å². The van der Waals surface area contributed by atoms with Gasteiger partial charge in [-0.05, 0) is 44.4 Å². The largest absolute Gasteiger partial charge is 0.496 e. The van der Waals surface area contributed by atoms with Gasteiger partial charge in [0.2, 0.25) is 0 Å². The van der Waals surface area contributed by atoms with Crippen molar-refractivity contribution in [3.05, 3.63) is 65.2 Å². The smallest absolute Gasteiger partial charge is 0.123 e. The Morgan fingerprint density at radius 2 is 1.76 bits per heavy atom. The molecule has 0 bridgehead atoms. The van der Waals surface area contributed by atoms with Crippen LogP contribution in [0.1, 0.15) is 36.0 Å². The van der Waals surface area contributed by atoms with Crippen LogP contribution in [0.5, 0.6) is 5.75 Å². The second-order valence-corrected chi connectivity index (χ2v) is 7.00. The molecule has 3 rings (SSSR count). The molecule has 0 spiro atoms. The fraction of sp³-hybridized carbons (Fsp3) is 0.455. The molecule has 1 aliphatic rings. The Morgan fingerprint density at radius 3 is 2.48 bits per heavy atom. The molecule has 1 saturated heterocycles. The summed E-state index contributed by atoms with van der Waals surface area (Å²) in [6.45, 7) is 5.70. The third kappa shape index (κ3) is 4.42. The molecule has 2 aromatic rings. The van der Waals surface area contributed by atoms with Crippen LogP contribution in [0.15, 0.2) is 48.5 Å². The van der Waals surface area contributed by atoms with Gasteiger partial charge < -0.3 is 14.8 Å². The van der Waals surface area contributed by atoms with Crippen LogP contribution in [0.25, 0.3) is 0 Å². The number of methoxy groups -OCH3 is 1. The van der Waals surface area contributed by atoms with Crippen molar-refractivity contribution in [3.8, 4) is 5.75 Å². The second kappa shape index (κ2) is 8.50. The number of ether oxygens (including phenoxy) is 2. The number of nitrogens with one attached hydrogen (secondary N) is 1. The van der Waals surface area contributed by atoms with E-state index in [4.69, 9.17) is 9.47 Å². The second-order valence-electron chi connectivity index (χ2n) is 7.00. The predicted molar refractivity (Wildman–Crippen MR) is 102 cm³/mol. The lowest BCUT2D eigenvalue weighted by Crippen LogP contribution is -2.36. The van der Waals surface area contributed by atoms with Gasteiger partial charge in [-0.2, -0.15) is 0 Å². The van der Waals surface area contributed by atoms with Crippen molar-refractivity contribution in [1.29, 1.82) is 0 Å². The molecule has 1 aliphatic heterocycles. The SMILES string of the molecule is COc1ccccc1CNCCC1(c2ccc(C)cc2)CCOCC1. The van der Waals surface area contributed by atoms with Crippen LogP contribution in [0.4, 0.5) is 0 Å². The van der Waals surface area contributed by atoms with E-state index in [2.05, 4.69) is 48.6 Å². The van der Waals surface area contributed by atoms with E-state index in [1.54, 1.807) is 7.11 Å². The Kier molecular flexibility index (Phi) is 6.11. The van der Waals surface area contributed by atoms with Crippen molar-refractivity contribution >= 4 is 0 Å². The van der Waals surface area contributed by atoms with Gasteiger partial charge >= 0.3 is 0 Å². The monoisotopic (exact) mass is 339 g/mol. The van der Waals surface area contributed by atoms with E-state index in [9.17, 15) is 0 Å². The number of rotatable bonds is 7. The standard InChI is InChI=1S/C22H29NO2/c1-18-7-9-20(10-8-18)22(12-15-25-16-13-22)11-14-23-17-19-5-3-4-6-21(19)24-2/h3-10,23H,11-17H2,1-2H3. The molecule has 1 fully saturated rings. The molecule has 1 heterocycles. The Labute approximate surface area is 151 Å². The highest BCUT2D eigenvalue weighted by Crippen LogP contribution is 2.37. The lowest BCUT2D eigenvalue weighted by atomic mass is 9.71. The van der Waals surface area contributed by atoms with Gasteiger partial charge in [0.1, 0.15) is 5.75 Å². The third-order valence-corrected chi connectivity index (χ3v) is 5.40. The summed E-state index contributed by atoms with van der Waals surface area (Å²) in [5.41, 5.74) is 4.22. The maximum Gasteiger partial charge on any atom is 0.123 e. The van der Waals surface area contributed by atoms with Gasteiger partial charge in [-0.15, -0.1) is 0 Å². The molecule has 0 atom stereocenters. The minimum atomic E-state index is 0.236. The Bertz CT molecular complexity index is 660. The van der Waals surface area contributed by atoms with E-state index < -0.39 is 0 Å². The zero-order valence-electron chi connectivity index (χ0n) is 15.4. The maximum atomic E-state index is 5.64. The molecular weight excluding hydrogens is 310 g/mol. The maximum absolute atomic E-state index is 5.64. The topological polar surface area (TPSA) is 30.5 Å².